The lowest BCUT2D eigenvalue weighted by Crippen LogP contribution is -2.61. The Kier molecular flexibility index (Phi) is 5.32. The maximum Gasteiger partial charge on any atom is 0.255 e. The van der Waals surface area contributed by atoms with E-state index in [0.717, 1.165) is 56.8 Å². The number of carbonyl (C=O) groups is 3. The molecule has 4 aliphatic heterocycles. The number of rotatable bonds is 3. The molecule has 0 aromatic heterocycles. The van der Waals surface area contributed by atoms with Gasteiger partial charge in [-0.3, -0.25) is 24.6 Å². The largest absolute Gasteiger partial charge is 0.375 e. The highest BCUT2D eigenvalue weighted by atomic mass is 16.5. The van der Waals surface area contributed by atoms with Crippen LogP contribution in [0, 0.1) is 0 Å². The van der Waals surface area contributed by atoms with E-state index in [2.05, 4.69) is 28.5 Å². The molecule has 3 saturated heterocycles. The van der Waals surface area contributed by atoms with E-state index in [1.807, 2.05) is 12.1 Å². The van der Waals surface area contributed by atoms with Crippen molar-refractivity contribution >= 4 is 17.7 Å². The normalized spacial score (nSPS) is 28.7. The molecule has 5 rings (SSSR count). The quantitative estimate of drug-likeness (QED) is 0.695. The molecule has 4 heterocycles. The fourth-order valence-electron chi connectivity index (χ4n) is 5.27. The summed E-state index contributed by atoms with van der Waals surface area (Å²) in [5.74, 6) is -0.736. The molecular formula is C23H30N4O4. The van der Waals surface area contributed by atoms with Gasteiger partial charge in [0.25, 0.3) is 5.91 Å². The third-order valence-corrected chi connectivity index (χ3v) is 7.29. The Bertz CT molecular complexity index is 899. The van der Waals surface area contributed by atoms with Gasteiger partial charge in [0.05, 0.1) is 12.7 Å². The highest BCUT2D eigenvalue weighted by molar-refractivity contribution is 6.05. The van der Waals surface area contributed by atoms with Crippen molar-refractivity contribution in [3.63, 3.8) is 0 Å². The molecule has 1 aromatic carbocycles. The molecule has 3 fully saturated rings. The van der Waals surface area contributed by atoms with Gasteiger partial charge in [-0.15, -0.1) is 0 Å². The molecule has 0 aliphatic carbocycles. The number of imide groups is 1. The van der Waals surface area contributed by atoms with E-state index in [-0.39, 0.29) is 35.8 Å². The van der Waals surface area contributed by atoms with Gasteiger partial charge >= 0.3 is 0 Å². The first kappa shape index (κ1) is 20.6. The van der Waals surface area contributed by atoms with E-state index in [1.165, 1.54) is 0 Å². The number of fused-ring (bicyclic) bond motifs is 1. The molecule has 0 saturated carbocycles. The van der Waals surface area contributed by atoms with Gasteiger partial charge in [-0.2, -0.15) is 0 Å². The van der Waals surface area contributed by atoms with Gasteiger partial charge in [0.1, 0.15) is 6.04 Å². The van der Waals surface area contributed by atoms with Crippen LogP contribution in [0.1, 0.15) is 54.1 Å². The van der Waals surface area contributed by atoms with Crippen LogP contribution < -0.4 is 10.6 Å². The van der Waals surface area contributed by atoms with Crippen LogP contribution in [0.3, 0.4) is 0 Å². The van der Waals surface area contributed by atoms with Crippen molar-refractivity contribution in [3.05, 3.63) is 34.9 Å². The topological polar surface area (TPSA) is 91.0 Å². The van der Waals surface area contributed by atoms with Crippen molar-refractivity contribution in [2.45, 2.75) is 63.4 Å². The highest BCUT2D eigenvalue weighted by Gasteiger charge is 2.41. The van der Waals surface area contributed by atoms with Gasteiger partial charge in [0.15, 0.2) is 0 Å². The summed E-state index contributed by atoms with van der Waals surface area (Å²) in [6.07, 6.45) is 3.05. The van der Waals surface area contributed by atoms with E-state index in [9.17, 15) is 14.4 Å². The number of morpholine rings is 1. The zero-order valence-electron chi connectivity index (χ0n) is 18.0. The van der Waals surface area contributed by atoms with Gasteiger partial charge in [-0.25, -0.2) is 0 Å². The summed E-state index contributed by atoms with van der Waals surface area (Å²) in [6.45, 7) is 6.99. The summed E-state index contributed by atoms with van der Waals surface area (Å²) in [6, 6.07) is 5.31. The standard InChI is InChI=1S/C23H30N4O4/c1-15-11-24-23(14-31-15)7-9-26(10-8-23)12-16-3-2-4-17-18(16)13-27(22(17)30)19-5-6-20(28)25-21(19)29/h2-4,15,19,24H,5-14H2,1H3,(H,25,28,29). The van der Waals surface area contributed by atoms with Crippen LogP contribution in [0.2, 0.25) is 0 Å². The zero-order valence-corrected chi connectivity index (χ0v) is 18.0. The number of benzene rings is 1. The van der Waals surface area contributed by atoms with Crippen molar-refractivity contribution in [2.75, 3.05) is 26.2 Å². The lowest BCUT2D eigenvalue weighted by molar-refractivity contribution is -0.136. The first-order chi connectivity index (χ1) is 14.9. The van der Waals surface area contributed by atoms with Crippen molar-refractivity contribution < 1.29 is 19.1 Å². The average Bonchev–Trinajstić information content (AvgIpc) is 3.10. The molecule has 1 aromatic rings. The maximum atomic E-state index is 13.0. The number of hydrogen-bond acceptors (Lipinski definition) is 6. The number of nitrogens with one attached hydrogen (secondary N) is 2. The third-order valence-electron chi connectivity index (χ3n) is 7.29. The smallest absolute Gasteiger partial charge is 0.255 e. The summed E-state index contributed by atoms with van der Waals surface area (Å²) >= 11 is 0. The Morgan fingerprint density at radius 2 is 2.00 bits per heavy atom. The summed E-state index contributed by atoms with van der Waals surface area (Å²) in [5.41, 5.74) is 2.95. The molecule has 4 aliphatic rings. The second kappa shape index (κ2) is 8.00. The molecular weight excluding hydrogens is 396 g/mol. The number of amides is 3. The van der Waals surface area contributed by atoms with E-state index in [1.54, 1.807) is 4.90 Å². The average molecular weight is 427 g/mol. The monoisotopic (exact) mass is 426 g/mol. The minimum absolute atomic E-state index is 0.0974. The second-order valence-electron chi connectivity index (χ2n) is 9.40. The van der Waals surface area contributed by atoms with Gasteiger partial charge in [0.2, 0.25) is 11.8 Å². The number of hydrogen-bond donors (Lipinski definition) is 2. The van der Waals surface area contributed by atoms with Gasteiger partial charge in [0, 0.05) is 50.2 Å². The zero-order chi connectivity index (χ0) is 21.6. The van der Waals surface area contributed by atoms with Crippen molar-refractivity contribution in [1.29, 1.82) is 0 Å². The molecule has 2 atom stereocenters. The Morgan fingerprint density at radius 3 is 2.71 bits per heavy atom. The fraction of sp³-hybridized carbons (Fsp3) is 0.609. The van der Waals surface area contributed by atoms with E-state index in [0.29, 0.717) is 18.5 Å². The Hall–Kier alpha value is -2.29. The lowest BCUT2D eigenvalue weighted by Gasteiger charge is -2.46. The number of carbonyl (C=O) groups excluding carboxylic acids is 3. The molecule has 8 nitrogen and oxygen atoms in total. The van der Waals surface area contributed by atoms with Crippen molar-refractivity contribution in [2.24, 2.45) is 0 Å². The number of ether oxygens (including phenoxy) is 1. The van der Waals surface area contributed by atoms with Gasteiger partial charge in [-0.05, 0) is 43.4 Å². The van der Waals surface area contributed by atoms with Crippen LogP contribution in [0.15, 0.2) is 18.2 Å². The lowest BCUT2D eigenvalue weighted by atomic mass is 9.86. The van der Waals surface area contributed by atoms with Crippen LogP contribution in [-0.4, -0.2) is 71.4 Å². The molecule has 0 bridgehead atoms. The van der Waals surface area contributed by atoms with E-state index in [4.69, 9.17) is 4.74 Å². The first-order valence-corrected chi connectivity index (χ1v) is 11.3. The third kappa shape index (κ3) is 3.88. The van der Waals surface area contributed by atoms with Crippen LogP contribution in [0.5, 0.6) is 0 Å². The fourth-order valence-corrected chi connectivity index (χ4v) is 5.27. The summed E-state index contributed by atoms with van der Waals surface area (Å²) in [4.78, 5) is 40.9. The molecule has 1 spiro atoms. The maximum absolute atomic E-state index is 13.0. The SMILES string of the molecule is CC1CNC2(CCN(Cc3cccc4c3CN(C3CCC(=O)NC3=O)C4=O)CC2)CO1. The van der Waals surface area contributed by atoms with Gasteiger partial charge < -0.3 is 15.0 Å². The van der Waals surface area contributed by atoms with Crippen LogP contribution in [0.25, 0.3) is 0 Å². The van der Waals surface area contributed by atoms with E-state index >= 15 is 0 Å². The Balaban J connectivity index is 1.26. The van der Waals surface area contributed by atoms with Crippen LogP contribution >= 0.6 is 0 Å². The summed E-state index contributed by atoms with van der Waals surface area (Å²) in [7, 11) is 0. The summed E-state index contributed by atoms with van der Waals surface area (Å²) in [5, 5.41) is 6.07. The minimum atomic E-state index is -0.569. The predicted molar refractivity (Wildman–Crippen MR) is 113 cm³/mol. The number of nitrogens with zero attached hydrogens (tertiary/aromatic N) is 2. The van der Waals surface area contributed by atoms with E-state index < -0.39 is 6.04 Å². The molecule has 166 valence electrons. The number of piperidine rings is 2. The van der Waals surface area contributed by atoms with Crippen LogP contribution in [-0.2, 0) is 27.4 Å². The predicted octanol–water partition coefficient (Wildman–Crippen LogP) is 0.791. The Morgan fingerprint density at radius 1 is 1.19 bits per heavy atom. The van der Waals surface area contributed by atoms with Crippen LogP contribution in [0.4, 0.5) is 0 Å². The first-order valence-electron chi connectivity index (χ1n) is 11.3. The second-order valence-corrected chi connectivity index (χ2v) is 9.40. The molecule has 2 N–H and O–H groups in total. The molecule has 8 heteroatoms. The Labute approximate surface area is 182 Å². The highest BCUT2D eigenvalue weighted by Crippen LogP contribution is 2.32. The number of likely N-dealkylation sites (tertiary alicyclic amines) is 1. The van der Waals surface area contributed by atoms with Gasteiger partial charge in [-0.1, -0.05) is 12.1 Å². The molecule has 3 amide bonds. The minimum Gasteiger partial charge on any atom is -0.375 e. The molecule has 31 heavy (non-hydrogen) atoms. The molecule has 0 radical (unpaired) electrons. The van der Waals surface area contributed by atoms with Crippen molar-refractivity contribution in [3.8, 4) is 0 Å². The summed E-state index contributed by atoms with van der Waals surface area (Å²) < 4.78 is 5.90. The van der Waals surface area contributed by atoms with Crippen molar-refractivity contribution in [1.82, 2.24) is 20.4 Å². The molecule has 2 unspecified atom stereocenters.